The first-order chi connectivity index (χ1) is 8.24. The largest absolute Gasteiger partial charge is 0.480 e. The third-order valence-corrected chi connectivity index (χ3v) is 2.75. The first kappa shape index (κ1) is 9.89. The van der Waals surface area contributed by atoms with Crippen molar-refractivity contribution in [3.63, 3.8) is 0 Å². The lowest BCUT2D eigenvalue weighted by Crippen LogP contribution is -2.30. The minimum atomic E-state index is -0.508. The summed E-state index contributed by atoms with van der Waals surface area (Å²) in [6.07, 6.45) is 3.01. The molecule has 1 aliphatic rings. The number of nitrogens with two attached hydrogens (primary N) is 1. The molecule has 3 rings (SSSR count). The van der Waals surface area contributed by atoms with Gasteiger partial charge in [0.1, 0.15) is 5.75 Å². The van der Waals surface area contributed by atoms with Crippen LogP contribution in [0.2, 0.25) is 0 Å². The number of nitrogens with zero attached hydrogens (tertiary/aromatic N) is 2. The van der Waals surface area contributed by atoms with Gasteiger partial charge in [-0.15, -0.1) is 0 Å². The van der Waals surface area contributed by atoms with Crippen LogP contribution in [0.25, 0.3) is 0 Å². The van der Waals surface area contributed by atoms with Gasteiger partial charge in [0, 0.05) is 6.42 Å². The van der Waals surface area contributed by atoms with Crippen molar-refractivity contribution < 1.29 is 9.53 Å². The number of carbonyl (C=O) groups is 1. The van der Waals surface area contributed by atoms with Gasteiger partial charge in [-0.2, -0.15) is 5.10 Å². The Labute approximate surface area is 97.8 Å². The fourth-order valence-electron chi connectivity index (χ4n) is 1.92. The number of hydrogen-bond acceptors (Lipinski definition) is 4. The topological polar surface area (TPSA) is 70.1 Å². The Morgan fingerprint density at radius 2 is 2.29 bits per heavy atom. The fourth-order valence-corrected chi connectivity index (χ4v) is 1.92. The number of para-hydroxylation sites is 1. The van der Waals surface area contributed by atoms with Crippen LogP contribution in [-0.2, 0) is 6.42 Å². The van der Waals surface area contributed by atoms with Crippen LogP contribution >= 0.6 is 0 Å². The number of anilines is 1. The van der Waals surface area contributed by atoms with Gasteiger partial charge < -0.3 is 10.5 Å². The molecule has 0 fully saturated rings. The molecule has 1 unspecified atom stereocenters. The summed E-state index contributed by atoms with van der Waals surface area (Å²) in [6.45, 7) is 0. The van der Waals surface area contributed by atoms with Crippen molar-refractivity contribution in [3.8, 4) is 5.75 Å². The number of rotatable bonds is 1. The van der Waals surface area contributed by atoms with E-state index in [2.05, 4.69) is 5.10 Å². The third-order valence-electron chi connectivity index (χ3n) is 2.75. The lowest BCUT2D eigenvalue weighted by Gasteiger charge is -2.08. The van der Waals surface area contributed by atoms with E-state index in [4.69, 9.17) is 10.5 Å². The second-order valence-corrected chi connectivity index (χ2v) is 3.97. The number of nitrogen functional groups attached to an aromatic ring is 1. The Balaban J connectivity index is 1.83. The Kier molecular flexibility index (Phi) is 2.11. The van der Waals surface area contributed by atoms with E-state index < -0.39 is 6.10 Å². The molecule has 1 aliphatic heterocycles. The van der Waals surface area contributed by atoms with Gasteiger partial charge in [0.2, 0.25) is 0 Å². The minimum absolute atomic E-state index is 0.196. The molecule has 0 bridgehead atoms. The lowest BCUT2D eigenvalue weighted by atomic mass is 10.1. The van der Waals surface area contributed by atoms with Crippen molar-refractivity contribution >= 4 is 11.6 Å². The fraction of sp³-hybridized carbons (Fsp3) is 0.167. The molecule has 0 saturated heterocycles. The van der Waals surface area contributed by atoms with Gasteiger partial charge in [-0.3, -0.25) is 4.79 Å². The Morgan fingerprint density at radius 3 is 3.00 bits per heavy atom. The number of fused-ring (bicyclic) bond motifs is 1. The molecule has 0 amide bonds. The summed E-state index contributed by atoms with van der Waals surface area (Å²) >= 11 is 0. The molecule has 0 saturated carbocycles. The standard InChI is InChI=1S/C12H11N3O2/c13-9-6-14-15(7-9)12(16)11-5-8-3-1-2-4-10(8)17-11/h1-4,6-7,11H,5,13H2. The van der Waals surface area contributed by atoms with Gasteiger partial charge in [0.15, 0.2) is 6.10 Å². The van der Waals surface area contributed by atoms with Crippen molar-refractivity contribution in [2.75, 3.05) is 5.73 Å². The maximum Gasteiger partial charge on any atom is 0.288 e. The van der Waals surface area contributed by atoms with E-state index in [1.165, 1.54) is 17.1 Å². The van der Waals surface area contributed by atoms with Crippen LogP contribution in [0.4, 0.5) is 5.69 Å². The second-order valence-electron chi connectivity index (χ2n) is 3.97. The number of ether oxygens (including phenoxy) is 1. The van der Waals surface area contributed by atoms with Crippen LogP contribution in [0.3, 0.4) is 0 Å². The van der Waals surface area contributed by atoms with Crippen LogP contribution in [-0.4, -0.2) is 21.8 Å². The van der Waals surface area contributed by atoms with Crippen LogP contribution in [0.5, 0.6) is 5.75 Å². The van der Waals surface area contributed by atoms with Gasteiger partial charge in [-0.1, -0.05) is 18.2 Å². The summed E-state index contributed by atoms with van der Waals surface area (Å²) in [7, 11) is 0. The summed E-state index contributed by atoms with van der Waals surface area (Å²) < 4.78 is 6.81. The predicted molar refractivity (Wildman–Crippen MR) is 61.8 cm³/mol. The summed E-state index contributed by atoms with van der Waals surface area (Å²) in [5, 5.41) is 3.89. The molecular formula is C12H11N3O2. The van der Waals surface area contributed by atoms with E-state index in [1.807, 2.05) is 24.3 Å². The Morgan fingerprint density at radius 1 is 1.47 bits per heavy atom. The molecule has 1 atom stereocenters. The maximum atomic E-state index is 12.0. The smallest absolute Gasteiger partial charge is 0.288 e. The van der Waals surface area contributed by atoms with E-state index >= 15 is 0 Å². The summed E-state index contributed by atoms with van der Waals surface area (Å²) in [6, 6.07) is 7.64. The number of hydrogen-bond donors (Lipinski definition) is 1. The highest BCUT2D eigenvalue weighted by Gasteiger charge is 2.30. The van der Waals surface area contributed by atoms with Crippen LogP contribution in [0.15, 0.2) is 36.7 Å². The van der Waals surface area contributed by atoms with Crippen LogP contribution in [0.1, 0.15) is 10.4 Å². The molecule has 5 nitrogen and oxygen atoms in total. The molecule has 1 aromatic heterocycles. The van der Waals surface area contributed by atoms with Gasteiger partial charge >= 0.3 is 0 Å². The zero-order chi connectivity index (χ0) is 11.8. The van der Waals surface area contributed by atoms with Crippen molar-refractivity contribution in [3.05, 3.63) is 42.2 Å². The van der Waals surface area contributed by atoms with Gasteiger partial charge in [-0.25, -0.2) is 4.68 Å². The molecule has 1 aromatic carbocycles. The number of benzene rings is 1. The van der Waals surface area contributed by atoms with E-state index in [1.54, 1.807) is 0 Å². The molecule has 0 aliphatic carbocycles. The van der Waals surface area contributed by atoms with Crippen LogP contribution in [0, 0.1) is 0 Å². The number of aromatic nitrogens is 2. The highest BCUT2D eigenvalue weighted by atomic mass is 16.5. The quantitative estimate of drug-likeness (QED) is 0.795. The number of carbonyl (C=O) groups excluding carboxylic acids is 1. The molecule has 0 radical (unpaired) electrons. The zero-order valence-corrected chi connectivity index (χ0v) is 9.04. The molecule has 2 N–H and O–H groups in total. The Bertz CT molecular complexity index is 552. The van der Waals surface area contributed by atoms with E-state index in [0.29, 0.717) is 12.1 Å². The summed E-state index contributed by atoms with van der Waals surface area (Å²) in [4.78, 5) is 12.0. The predicted octanol–water partition coefficient (Wildman–Crippen LogP) is 1.11. The van der Waals surface area contributed by atoms with Crippen molar-refractivity contribution in [2.45, 2.75) is 12.5 Å². The molecule has 0 spiro atoms. The molecule has 5 heteroatoms. The van der Waals surface area contributed by atoms with Gasteiger partial charge in [-0.05, 0) is 11.6 Å². The van der Waals surface area contributed by atoms with E-state index in [9.17, 15) is 4.79 Å². The molecule has 2 heterocycles. The van der Waals surface area contributed by atoms with Crippen LogP contribution < -0.4 is 10.5 Å². The average Bonchev–Trinajstić information content (AvgIpc) is 2.93. The first-order valence-corrected chi connectivity index (χ1v) is 5.33. The minimum Gasteiger partial charge on any atom is -0.480 e. The van der Waals surface area contributed by atoms with Gasteiger partial charge in [0.25, 0.3) is 5.91 Å². The molecule has 2 aromatic rings. The zero-order valence-electron chi connectivity index (χ0n) is 9.04. The molecule has 17 heavy (non-hydrogen) atoms. The first-order valence-electron chi connectivity index (χ1n) is 5.33. The van der Waals surface area contributed by atoms with Crippen molar-refractivity contribution in [1.29, 1.82) is 0 Å². The van der Waals surface area contributed by atoms with Crippen molar-refractivity contribution in [2.24, 2.45) is 0 Å². The SMILES string of the molecule is Nc1cnn(C(=O)C2Cc3ccccc3O2)c1. The molecular weight excluding hydrogens is 218 g/mol. The normalized spacial score (nSPS) is 17.5. The lowest BCUT2D eigenvalue weighted by molar-refractivity contribution is 0.0717. The highest BCUT2D eigenvalue weighted by molar-refractivity contribution is 5.84. The average molecular weight is 229 g/mol. The van der Waals surface area contributed by atoms with E-state index in [0.717, 1.165) is 11.3 Å². The van der Waals surface area contributed by atoms with Gasteiger partial charge in [0.05, 0.1) is 18.1 Å². The van der Waals surface area contributed by atoms with Crippen molar-refractivity contribution in [1.82, 2.24) is 9.78 Å². The molecule has 86 valence electrons. The highest BCUT2D eigenvalue weighted by Crippen LogP contribution is 2.28. The second kappa shape index (κ2) is 3.62. The monoisotopic (exact) mass is 229 g/mol. The third kappa shape index (κ3) is 1.65. The Hall–Kier alpha value is -2.30. The summed E-state index contributed by atoms with van der Waals surface area (Å²) in [5.74, 6) is 0.573. The summed E-state index contributed by atoms with van der Waals surface area (Å²) in [5.41, 5.74) is 7.04. The maximum absolute atomic E-state index is 12.0. The van der Waals surface area contributed by atoms with E-state index in [-0.39, 0.29) is 5.91 Å².